The summed E-state index contributed by atoms with van der Waals surface area (Å²) < 4.78 is 2.69. The molecule has 0 aliphatic rings. The fourth-order valence-corrected chi connectivity index (χ4v) is 2.20. The summed E-state index contributed by atoms with van der Waals surface area (Å²) in [5.74, 6) is 0.399. The van der Waals surface area contributed by atoms with Crippen molar-refractivity contribution in [2.45, 2.75) is 19.5 Å². The third kappa shape index (κ3) is 3.57. The van der Waals surface area contributed by atoms with Gasteiger partial charge in [0.1, 0.15) is 5.82 Å². The van der Waals surface area contributed by atoms with Crippen LogP contribution in [0.5, 0.6) is 0 Å². The van der Waals surface area contributed by atoms with Crippen LogP contribution in [0.15, 0.2) is 35.5 Å². The number of aromatic nitrogens is 3. The first-order chi connectivity index (χ1) is 9.60. The summed E-state index contributed by atoms with van der Waals surface area (Å²) in [6.07, 6.45) is 6.95. The van der Waals surface area contributed by atoms with Gasteiger partial charge in [-0.05, 0) is 28.9 Å². The van der Waals surface area contributed by atoms with Crippen LogP contribution in [0.3, 0.4) is 0 Å². The zero-order valence-corrected chi connectivity index (χ0v) is 12.9. The summed E-state index contributed by atoms with van der Waals surface area (Å²) in [6.45, 7) is 2.62. The Balaban J connectivity index is 2.06. The van der Waals surface area contributed by atoms with Crippen molar-refractivity contribution in [2.24, 2.45) is 0 Å². The Kier molecular flexibility index (Phi) is 4.73. The van der Waals surface area contributed by atoms with Crippen LogP contribution in [-0.2, 0) is 6.54 Å². The van der Waals surface area contributed by atoms with Gasteiger partial charge in [-0.25, -0.2) is 9.97 Å². The Hall–Kier alpha value is -1.89. The third-order valence-electron chi connectivity index (χ3n) is 2.76. The van der Waals surface area contributed by atoms with Gasteiger partial charge in [0.15, 0.2) is 0 Å². The number of pyridine rings is 1. The van der Waals surface area contributed by atoms with E-state index in [1.807, 2.05) is 17.7 Å². The van der Waals surface area contributed by atoms with Crippen LogP contribution < -0.4 is 10.6 Å². The standard InChI is InChI=1S/C13H16BrN5O/c1-9(7-19-4-3-16-8-19)18-13(20)11-5-10(14)6-17-12(11)15-2/h3-6,8-9H,7H2,1-2H3,(H,15,17)(H,18,20). The fourth-order valence-electron chi connectivity index (χ4n) is 1.87. The van der Waals surface area contributed by atoms with E-state index in [0.29, 0.717) is 17.9 Å². The Bertz CT molecular complexity index is 584. The number of anilines is 1. The molecule has 20 heavy (non-hydrogen) atoms. The van der Waals surface area contributed by atoms with E-state index in [1.54, 1.807) is 31.8 Å². The van der Waals surface area contributed by atoms with E-state index in [-0.39, 0.29) is 11.9 Å². The molecule has 0 aliphatic carbocycles. The molecule has 1 unspecified atom stereocenters. The number of nitrogens with zero attached hydrogens (tertiary/aromatic N) is 3. The summed E-state index contributed by atoms with van der Waals surface area (Å²) >= 11 is 3.33. The van der Waals surface area contributed by atoms with Crippen LogP contribution in [0.25, 0.3) is 0 Å². The first-order valence-corrected chi connectivity index (χ1v) is 6.99. The van der Waals surface area contributed by atoms with Crippen LogP contribution in [0.4, 0.5) is 5.82 Å². The van der Waals surface area contributed by atoms with Gasteiger partial charge in [-0.2, -0.15) is 0 Å². The highest BCUT2D eigenvalue weighted by Crippen LogP contribution is 2.17. The van der Waals surface area contributed by atoms with Crippen molar-refractivity contribution < 1.29 is 4.79 Å². The normalized spacial score (nSPS) is 11.9. The molecule has 7 heteroatoms. The molecule has 2 rings (SSSR count). The van der Waals surface area contributed by atoms with Gasteiger partial charge in [-0.15, -0.1) is 0 Å². The van der Waals surface area contributed by atoms with Gasteiger partial charge in [-0.1, -0.05) is 0 Å². The largest absolute Gasteiger partial charge is 0.372 e. The van der Waals surface area contributed by atoms with Gasteiger partial charge in [0.05, 0.1) is 11.9 Å². The van der Waals surface area contributed by atoms with Gasteiger partial charge in [0, 0.05) is 42.7 Å². The second-order valence-electron chi connectivity index (χ2n) is 4.43. The second-order valence-corrected chi connectivity index (χ2v) is 5.35. The highest BCUT2D eigenvalue weighted by Gasteiger charge is 2.15. The minimum Gasteiger partial charge on any atom is -0.372 e. The Morgan fingerprint density at radius 2 is 2.35 bits per heavy atom. The minimum atomic E-state index is -0.157. The molecule has 2 heterocycles. The quantitative estimate of drug-likeness (QED) is 0.874. The number of imidazole rings is 1. The highest BCUT2D eigenvalue weighted by atomic mass is 79.9. The monoisotopic (exact) mass is 337 g/mol. The maximum atomic E-state index is 12.3. The molecule has 1 amide bonds. The van der Waals surface area contributed by atoms with Crippen molar-refractivity contribution in [3.63, 3.8) is 0 Å². The predicted octanol–water partition coefficient (Wildman–Crippen LogP) is 1.90. The van der Waals surface area contributed by atoms with Crippen LogP contribution >= 0.6 is 15.9 Å². The summed E-state index contributed by atoms with van der Waals surface area (Å²) in [5.41, 5.74) is 0.513. The number of carbonyl (C=O) groups is 1. The maximum absolute atomic E-state index is 12.3. The Labute approximate surface area is 125 Å². The van der Waals surface area contributed by atoms with Crippen molar-refractivity contribution in [1.29, 1.82) is 0 Å². The lowest BCUT2D eigenvalue weighted by molar-refractivity contribution is 0.0937. The summed E-state index contributed by atoms with van der Waals surface area (Å²) in [6, 6.07) is 1.73. The van der Waals surface area contributed by atoms with Gasteiger partial charge in [0.25, 0.3) is 5.91 Å². The third-order valence-corrected chi connectivity index (χ3v) is 3.19. The Morgan fingerprint density at radius 3 is 3.00 bits per heavy atom. The highest BCUT2D eigenvalue weighted by molar-refractivity contribution is 9.10. The average Bonchev–Trinajstić information content (AvgIpc) is 2.91. The van der Waals surface area contributed by atoms with Crippen molar-refractivity contribution in [1.82, 2.24) is 19.9 Å². The molecule has 0 spiro atoms. The van der Waals surface area contributed by atoms with E-state index in [4.69, 9.17) is 0 Å². The van der Waals surface area contributed by atoms with Gasteiger partial charge < -0.3 is 15.2 Å². The lowest BCUT2D eigenvalue weighted by Crippen LogP contribution is -2.35. The molecule has 6 nitrogen and oxygen atoms in total. The number of amides is 1. The van der Waals surface area contributed by atoms with Crippen molar-refractivity contribution >= 4 is 27.7 Å². The number of nitrogens with one attached hydrogen (secondary N) is 2. The summed E-state index contributed by atoms with van der Waals surface area (Å²) in [5, 5.41) is 5.86. The molecule has 0 saturated heterocycles. The minimum absolute atomic E-state index is 0.0135. The first kappa shape index (κ1) is 14.5. The van der Waals surface area contributed by atoms with Crippen LogP contribution in [0, 0.1) is 0 Å². The number of halogens is 1. The SMILES string of the molecule is CNc1ncc(Br)cc1C(=O)NC(C)Cn1ccnc1. The number of hydrogen-bond donors (Lipinski definition) is 2. The predicted molar refractivity (Wildman–Crippen MR) is 80.6 cm³/mol. The van der Waals surface area contributed by atoms with E-state index < -0.39 is 0 Å². The average molecular weight is 338 g/mol. The van der Waals surface area contributed by atoms with Crippen LogP contribution in [-0.4, -0.2) is 33.5 Å². The molecule has 2 N–H and O–H groups in total. The molecule has 1 atom stereocenters. The van der Waals surface area contributed by atoms with Gasteiger partial charge in [-0.3, -0.25) is 4.79 Å². The topological polar surface area (TPSA) is 71.8 Å². The van der Waals surface area contributed by atoms with E-state index >= 15 is 0 Å². The van der Waals surface area contributed by atoms with Gasteiger partial charge in [0.2, 0.25) is 0 Å². The van der Waals surface area contributed by atoms with E-state index in [0.717, 1.165) is 4.47 Å². The molecule has 0 bridgehead atoms. The lowest BCUT2D eigenvalue weighted by Gasteiger charge is -2.15. The molecule has 0 aliphatic heterocycles. The second kappa shape index (κ2) is 6.51. The van der Waals surface area contributed by atoms with Crippen molar-refractivity contribution in [3.05, 3.63) is 41.0 Å². The van der Waals surface area contributed by atoms with E-state index in [1.165, 1.54) is 0 Å². The maximum Gasteiger partial charge on any atom is 0.255 e. The number of carbonyl (C=O) groups excluding carboxylic acids is 1. The zero-order valence-electron chi connectivity index (χ0n) is 11.3. The molecule has 2 aromatic rings. The fraction of sp³-hybridized carbons (Fsp3) is 0.308. The Morgan fingerprint density at radius 1 is 1.55 bits per heavy atom. The first-order valence-electron chi connectivity index (χ1n) is 6.20. The molecular weight excluding hydrogens is 322 g/mol. The number of hydrogen-bond acceptors (Lipinski definition) is 4. The zero-order chi connectivity index (χ0) is 14.5. The lowest BCUT2D eigenvalue weighted by atomic mass is 10.2. The van der Waals surface area contributed by atoms with Crippen LogP contribution in [0.1, 0.15) is 17.3 Å². The molecular formula is C13H16BrN5O. The molecule has 0 saturated carbocycles. The molecule has 0 radical (unpaired) electrons. The summed E-state index contributed by atoms with van der Waals surface area (Å²) in [4.78, 5) is 20.4. The van der Waals surface area contributed by atoms with E-state index in [9.17, 15) is 4.79 Å². The molecule has 2 aromatic heterocycles. The van der Waals surface area contributed by atoms with E-state index in [2.05, 4.69) is 36.5 Å². The van der Waals surface area contributed by atoms with Crippen LogP contribution in [0.2, 0.25) is 0 Å². The van der Waals surface area contributed by atoms with Crippen molar-refractivity contribution in [2.75, 3.05) is 12.4 Å². The van der Waals surface area contributed by atoms with Gasteiger partial charge >= 0.3 is 0 Å². The molecule has 0 aromatic carbocycles. The van der Waals surface area contributed by atoms with Crippen molar-refractivity contribution in [3.8, 4) is 0 Å². The smallest absolute Gasteiger partial charge is 0.255 e. The number of rotatable bonds is 5. The summed E-state index contributed by atoms with van der Waals surface area (Å²) in [7, 11) is 1.74. The molecule has 0 fully saturated rings. The molecule has 106 valence electrons.